The molecule has 3 heterocycles. The van der Waals surface area contributed by atoms with E-state index < -0.39 is 0 Å². The Morgan fingerprint density at radius 2 is 2.04 bits per heavy atom. The summed E-state index contributed by atoms with van der Waals surface area (Å²) < 4.78 is 0. The molecular weight excluding hydrogens is 328 g/mol. The number of carbonyl (C=O) groups is 1. The lowest BCUT2D eigenvalue weighted by Crippen LogP contribution is -2.36. The zero-order valence-electron chi connectivity index (χ0n) is 15.1. The molecule has 6 heteroatoms. The van der Waals surface area contributed by atoms with Crippen LogP contribution in [0.25, 0.3) is 10.9 Å². The van der Waals surface area contributed by atoms with Crippen LogP contribution in [0.5, 0.6) is 0 Å². The predicted molar refractivity (Wildman–Crippen MR) is 100 cm³/mol. The molecule has 1 amide bonds. The second kappa shape index (κ2) is 6.44. The average molecular weight is 350 g/mol. The Labute approximate surface area is 151 Å². The first-order chi connectivity index (χ1) is 12.5. The Morgan fingerprint density at radius 3 is 2.85 bits per heavy atom. The Bertz CT molecular complexity index is 1020. The summed E-state index contributed by atoms with van der Waals surface area (Å²) in [7, 11) is 0. The molecule has 0 unspecified atom stereocenters. The van der Waals surface area contributed by atoms with Crippen LogP contribution < -0.4 is 5.69 Å². The van der Waals surface area contributed by atoms with Crippen molar-refractivity contribution in [3.05, 3.63) is 63.0 Å². The maximum Gasteiger partial charge on any atom is 0.345 e. The van der Waals surface area contributed by atoms with Gasteiger partial charge in [-0.25, -0.2) is 4.79 Å². The number of benzene rings is 1. The van der Waals surface area contributed by atoms with E-state index in [2.05, 4.69) is 33.2 Å². The van der Waals surface area contributed by atoms with Gasteiger partial charge in [0.1, 0.15) is 0 Å². The molecule has 4 rings (SSSR count). The highest BCUT2D eigenvalue weighted by atomic mass is 16.2. The van der Waals surface area contributed by atoms with Gasteiger partial charge in [-0.2, -0.15) is 4.98 Å². The fourth-order valence-electron chi connectivity index (χ4n) is 3.92. The van der Waals surface area contributed by atoms with Crippen molar-refractivity contribution in [2.24, 2.45) is 0 Å². The SMILES string of the molecule is Cc1nc(=O)[nH]c(C)c1CCC(=O)N1CCc2c([nH]c3ccccc23)C1. The number of aromatic amines is 2. The van der Waals surface area contributed by atoms with E-state index in [9.17, 15) is 9.59 Å². The molecular formula is C20H22N4O2. The maximum absolute atomic E-state index is 12.7. The number of aryl methyl sites for hydroxylation is 2. The molecule has 0 fully saturated rings. The fraction of sp³-hybridized carbons (Fsp3) is 0.350. The third-order valence-corrected chi connectivity index (χ3v) is 5.28. The van der Waals surface area contributed by atoms with Gasteiger partial charge in [-0.15, -0.1) is 0 Å². The first kappa shape index (κ1) is 16.6. The largest absolute Gasteiger partial charge is 0.357 e. The van der Waals surface area contributed by atoms with Gasteiger partial charge in [-0.3, -0.25) is 4.79 Å². The number of para-hydroxylation sites is 1. The van der Waals surface area contributed by atoms with Crippen LogP contribution in [-0.4, -0.2) is 32.3 Å². The third kappa shape index (κ3) is 2.92. The molecule has 0 bridgehead atoms. The molecule has 6 nitrogen and oxygen atoms in total. The summed E-state index contributed by atoms with van der Waals surface area (Å²) in [5.41, 5.74) is 5.74. The number of amides is 1. The van der Waals surface area contributed by atoms with Gasteiger partial charge in [0.25, 0.3) is 0 Å². The highest BCUT2D eigenvalue weighted by molar-refractivity contribution is 5.85. The molecule has 2 aromatic heterocycles. The molecule has 1 aromatic carbocycles. The minimum atomic E-state index is -0.336. The third-order valence-electron chi connectivity index (χ3n) is 5.28. The van der Waals surface area contributed by atoms with Crippen LogP contribution in [0.15, 0.2) is 29.1 Å². The molecule has 2 N–H and O–H groups in total. The van der Waals surface area contributed by atoms with Crippen LogP contribution >= 0.6 is 0 Å². The zero-order valence-corrected chi connectivity index (χ0v) is 15.1. The number of aromatic nitrogens is 3. The first-order valence-corrected chi connectivity index (χ1v) is 8.95. The summed E-state index contributed by atoms with van der Waals surface area (Å²) in [4.78, 5) is 36.1. The molecule has 0 radical (unpaired) electrons. The minimum Gasteiger partial charge on any atom is -0.357 e. The molecule has 0 saturated heterocycles. The van der Waals surface area contributed by atoms with Crippen molar-refractivity contribution in [2.45, 2.75) is 39.7 Å². The van der Waals surface area contributed by atoms with E-state index >= 15 is 0 Å². The van der Waals surface area contributed by atoms with Crippen molar-refractivity contribution in [1.29, 1.82) is 0 Å². The fourth-order valence-corrected chi connectivity index (χ4v) is 3.92. The highest BCUT2D eigenvalue weighted by Gasteiger charge is 2.23. The molecule has 134 valence electrons. The number of hydrogen-bond acceptors (Lipinski definition) is 3. The number of fused-ring (bicyclic) bond motifs is 3. The number of rotatable bonds is 3. The van der Waals surface area contributed by atoms with E-state index in [0.29, 0.717) is 25.1 Å². The maximum atomic E-state index is 12.7. The van der Waals surface area contributed by atoms with E-state index in [1.807, 2.05) is 24.8 Å². The molecule has 1 aliphatic rings. The van der Waals surface area contributed by atoms with E-state index in [4.69, 9.17) is 0 Å². The van der Waals surface area contributed by atoms with Crippen LogP contribution in [0.2, 0.25) is 0 Å². The normalized spacial score (nSPS) is 13.8. The number of hydrogen-bond donors (Lipinski definition) is 2. The van der Waals surface area contributed by atoms with E-state index in [1.165, 1.54) is 10.9 Å². The number of nitrogens with one attached hydrogen (secondary N) is 2. The van der Waals surface area contributed by atoms with Crippen molar-refractivity contribution in [3.8, 4) is 0 Å². The lowest BCUT2D eigenvalue weighted by atomic mass is 10.0. The predicted octanol–water partition coefficient (Wildman–Crippen LogP) is 2.39. The highest BCUT2D eigenvalue weighted by Crippen LogP contribution is 2.27. The van der Waals surface area contributed by atoms with Crippen LogP contribution in [0, 0.1) is 13.8 Å². The molecule has 3 aromatic rings. The number of H-pyrrole nitrogens is 2. The number of nitrogens with zero attached hydrogens (tertiary/aromatic N) is 2. The van der Waals surface area contributed by atoms with Gasteiger partial charge in [0.2, 0.25) is 5.91 Å². The van der Waals surface area contributed by atoms with Crippen molar-refractivity contribution in [1.82, 2.24) is 19.9 Å². The molecule has 26 heavy (non-hydrogen) atoms. The van der Waals surface area contributed by atoms with Crippen molar-refractivity contribution < 1.29 is 4.79 Å². The summed E-state index contributed by atoms with van der Waals surface area (Å²) >= 11 is 0. The summed E-state index contributed by atoms with van der Waals surface area (Å²) in [5.74, 6) is 0.138. The number of carbonyl (C=O) groups excluding carboxylic acids is 1. The first-order valence-electron chi connectivity index (χ1n) is 8.95. The average Bonchev–Trinajstić information content (AvgIpc) is 2.98. The summed E-state index contributed by atoms with van der Waals surface area (Å²) in [6.45, 7) is 5.05. The lowest BCUT2D eigenvalue weighted by Gasteiger charge is -2.27. The van der Waals surface area contributed by atoms with Gasteiger partial charge < -0.3 is 14.9 Å². The molecule has 0 saturated carbocycles. The van der Waals surface area contributed by atoms with Crippen molar-refractivity contribution in [2.75, 3.05) is 6.54 Å². The standard InChI is InChI=1S/C20H22N4O2/c1-12-14(13(2)22-20(26)21-12)7-8-19(25)24-10-9-16-15-5-3-4-6-17(15)23-18(16)11-24/h3-6,23H,7-11H2,1-2H3,(H,21,22,26). The van der Waals surface area contributed by atoms with Crippen LogP contribution in [0.1, 0.15) is 34.6 Å². The van der Waals surface area contributed by atoms with Gasteiger partial charge in [0.15, 0.2) is 0 Å². The molecule has 0 aliphatic carbocycles. The zero-order chi connectivity index (χ0) is 18.3. The van der Waals surface area contributed by atoms with E-state index in [-0.39, 0.29) is 11.6 Å². The minimum absolute atomic E-state index is 0.138. The molecule has 0 atom stereocenters. The molecule has 1 aliphatic heterocycles. The van der Waals surface area contributed by atoms with E-state index in [1.54, 1.807) is 0 Å². The second-order valence-electron chi connectivity index (χ2n) is 6.92. The lowest BCUT2D eigenvalue weighted by molar-refractivity contribution is -0.132. The van der Waals surface area contributed by atoms with E-state index in [0.717, 1.165) is 35.4 Å². The topological polar surface area (TPSA) is 81.8 Å². The summed E-state index contributed by atoms with van der Waals surface area (Å²) in [6, 6.07) is 8.29. The Balaban J connectivity index is 1.47. The quantitative estimate of drug-likeness (QED) is 0.761. The van der Waals surface area contributed by atoms with Gasteiger partial charge >= 0.3 is 5.69 Å². The van der Waals surface area contributed by atoms with Crippen LogP contribution in [0.4, 0.5) is 0 Å². The van der Waals surface area contributed by atoms with Crippen molar-refractivity contribution in [3.63, 3.8) is 0 Å². The van der Waals surface area contributed by atoms with Gasteiger partial charge in [-0.05, 0) is 43.9 Å². The van der Waals surface area contributed by atoms with Gasteiger partial charge in [0.05, 0.1) is 6.54 Å². The van der Waals surface area contributed by atoms with Crippen LogP contribution in [0.3, 0.4) is 0 Å². The summed E-state index contributed by atoms with van der Waals surface area (Å²) in [5, 5.41) is 1.26. The van der Waals surface area contributed by atoms with Gasteiger partial charge in [-0.1, -0.05) is 18.2 Å². The van der Waals surface area contributed by atoms with Gasteiger partial charge in [0, 0.05) is 41.0 Å². The Kier molecular flexibility index (Phi) is 4.11. The Morgan fingerprint density at radius 1 is 1.23 bits per heavy atom. The smallest absolute Gasteiger partial charge is 0.345 e. The molecule has 0 spiro atoms. The monoisotopic (exact) mass is 350 g/mol. The Hall–Kier alpha value is -2.89. The van der Waals surface area contributed by atoms with Crippen LogP contribution in [-0.2, 0) is 24.2 Å². The van der Waals surface area contributed by atoms with Crippen molar-refractivity contribution >= 4 is 16.8 Å². The summed E-state index contributed by atoms with van der Waals surface area (Å²) in [6.07, 6.45) is 1.89. The second-order valence-corrected chi connectivity index (χ2v) is 6.92.